The number of anilines is 1. The Bertz CT molecular complexity index is 1450. The summed E-state index contributed by atoms with van der Waals surface area (Å²) in [5.74, 6) is 1.26. The number of carbonyl (C=O) groups excluding carboxylic acids is 1. The Morgan fingerprint density at radius 2 is 1.76 bits per heavy atom. The zero-order chi connectivity index (χ0) is 23.3. The summed E-state index contributed by atoms with van der Waals surface area (Å²) in [4.78, 5) is 22.0. The van der Waals surface area contributed by atoms with Gasteiger partial charge in [-0.15, -0.1) is 0 Å². The van der Waals surface area contributed by atoms with E-state index in [2.05, 4.69) is 20.4 Å². The van der Waals surface area contributed by atoms with Gasteiger partial charge < -0.3 is 14.6 Å². The van der Waals surface area contributed by atoms with Crippen molar-refractivity contribution in [2.75, 3.05) is 11.9 Å². The van der Waals surface area contributed by atoms with Crippen LogP contribution in [0, 0.1) is 0 Å². The van der Waals surface area contributed by atoms with Crippen molar-refractivity contribution in [3.05, 3.63) is 102 Å². The van der Waals surface area contributed by atoms with Crippen molar-refractivity contribution >= 4 is 22.4 Å². The lowest BCUT2D eigenvalue weighted by molar-refractivity contribution is 0.102. The zero-order valence-electron chi connectivity index (χ0n) is 18.6. The first-order valence-electron chi connectivity index (χ1n) is 11.0. The van der Waals surface area contributed by atoms with E-state index in [4.69, 9.17) is 9.26 Å². The topological polar surface area (TPSA) is 90.1 Å². The summed E-state index contributed by atoms with van der Waals surface area (Å²) in [5.41, 5.74) is 2.86. The minimum Gasteiger partial charge on any atom is -0.493 e. The van der Waals surface area contributed by atoms with E-state index in [0.717, 1.165) is 21.9 Å². The average Bonchev–Trinajstić information content (AvgIpc) is 3.34. The molecule has 0 atom stereocenters. The molecule has 0 saturated carbocycles. The van der Waals surface area contributed by atoms with Crippen LogP contribution in [0.15, 0.2) is 89.7 Å². The maximum Gasteiger partial charge on any atom is 0.260 e. The maximum absolute atomic E-state index is 13.5. The number of fused-ring (bicyclic) bond motifs is 1. The molecule has 7 nitrogen and oxygen atoms in total. The highest BCUT2D eigenvalue weighted by molar-refractivity contribution is 6.15. The normalized spacial score (nSPS) is 10.9. The summed E-state index contributed by atoms with van der Waals surface area (Å²) in [6.07, 6.45) is 3.74. The Balaban J connectivity index is 1.44. The second-order valence-electron chi connectivity index (χ2n) is 7.63. The van der Waals surface area contributed by atoms with Crippen LogP contribution < -0.4 is 10.1 Å². The number of para-hydroxylation sites is 1. The van der Waals surface area contributed by atoms with Crippen LogP contribution in [0.2, 0.25) is 0 Å². The van der Waals surface area contributed by atoms with Gasteiger partial charge in [-0.2, -0.15) is 4.98 Å². The highest BCUT2D eigenvalue weighted by atomic mass is 16.5. The van der Waals surface area contributed by atoms with E-state index in [1.165, 1.54) is 0 Å². The standard InChI is InChI=1S/C27H22N4O3/c1-2-33-23-12-11-18-7-3-5-9-21(18)25(23)27(32)29-22-10-6-4-8-20(22)17-24-30-26(31-34-24)19-13-15-28-16-14-19/h3-16H,2,17H2,1H3,(H,29,32). The van der Waals surface area contributed by atoms with Gasteiger partial charge in [-0.1, -0.05) is 53.7 Å². The molecular weight excluding hydrogens is 428 g/mol. The smallest absolute Gasteiger partial charge is 0.260 e. The monoisotopic (exact) mass is 450 g/mol. The van der Waals surface area contributed by atoms with Gasteiger partial charge in [0.2, 0.25) is 11.7 Å². The Morgan fingerprint density at radius 1 is 0.971 bits per heavy atom. The number of nitrogens with one attached hydrogen (secondary N) is 1. The molecule has 168 valence electrons. The fourth-order valence-electron chi connectivity index (χ4n) is 3.85. The first-order chi connectivity index (χ1) is 16.7. The first kappa shape index (κ1) is 21.3. The Labute approximate surface area is 196 Å². The quantitative estimate of drug-likeness (QED) is 0.351. The van der Waals surface area contributed by atoms with Crippen molar-refractivity contribution in [3.63, 3.8) is 0 Å². The molecule has 2 aromatic heterocycles. The van der Waals surface area contributed by atoms with Crippen LogP contribution in [0.1, 0.15) is 28.7 Å². The minimum atomic E-state index is -0.240. The number of benzene rings is 3. The highest BCUT2D eigenvalue weighted by Gasteiger charge is 2.19. The number of nitrogens with zero attached hydrogens (tertiary/aromatic N) is 3. The third-order valence-electron chi connectivity index (χ3n) is 5.43. The third kappa shape index (κ3) is 4.36. The Hall–Kier alpha value is -4.52. The van der Waals surface area contributed by atoms with Gasteiger partial charge in [0.25, 0.3) is 5.91 Å². The number of ether oxygens (including phenoxy) is 1. The summed E-state index contributed by atoms with van der Waals surface area (Å²) < 4.78 is 11.2. The van der Waals surface area contributed by atoms with Crippen molar-refractivity contribution in [2.24, 2.45) is 0 Å². The molecule has 0 radical (unpaired) electrons. The Morgan fingerprint density at radius 3 is 2.62 bits per heavy atom. The number of aromatic nitrogens is 3. The summed E-state index contributed by atoms with van der Waals surface area (Å²) in [5, 5.41) is 8.94. The van der Waals surface area contributed by atoms with E-state index in [0.29, 0.717) is 41.7 Å². The van der Waals surface area contributed by atoms with E-state index in [1.807, 2.05) is 79.7 Å². The van der Waals surface area contributed by atoms with E-state index < -0.39 is 0 Å². The molecule has 1 amide bonds. The SMILES string of the molecule is CCOc1ccc2ccccc2c1C(=O)Nc1ccccc1Cc1nc(-c2ccncc2)no1. The molecule has 0 aliphatic rings. The van der Waals surface area contributed by atoms with Crippen molar-refractivity contribution in [2.45, 2.75) is 13.3 Å². The molecule has 7 heteroatoms. The lowest BCUT2D eigenvalue weighted by Crippen LogP contribution is -2.15. The summed E-state index contributed by atoms with van der Waals surface area (Å²) in [6, 6.07) is 22.8. The summed E-state index contributed by atoms with van der Waals surface area (Å²) >= 11 is 0. The van der Waals surface area contributed by atoms with Gasteiger partial charge in [0.05, 0.1) is 18.6 Å². The second kappa shape index (κ2) is 9.54. The van der Waals surface area contributed by atoms with E-state index in [-0.39, 0.29) is 5.91 Å². The molecule has 1 N–H and O–H groups in total. The molecule has 0 aliphatic carbocycles. The summed E-state index contributed by atoms with van der Waals surface area (Å²) in [7, 11) is 0. The molecule has 2 heterocycles. The average molecular weight is 450 g/mol. The molecule has 0 fully saturated rings. The molecule has 5 aromatic rings. The number of rotatable bonds is 7. The zero-order valence-corrected chi connectivity index (χ0v) is 18.6. The van der Waals surface area contributed by atoms with Crippen molar-refractivity contribution in [3.8, 4) is 17.1 Å². The second-order valence-corrected chi connectivity index (χ2v) is 7.63. The van der Waals surface area contributed by atoms with Gasteiger partial charge in [0.1, 0.15) is 5.75 Å². The molecule has 0 bridgehead atoms. The van der Waals surface area contributed by atoms with Crippen molar-refractivity contribution in [1.82, 2.24) is 15.1 Å². The molecule has 0 spiro atoms. The predicted molar refractivity (Wildman–Crippen MR) is 130 cm³/mol. The van der Waals surface area contributed by atoms with Crippen LogP contribution >= 0.6 is 0 Å². The van der Waals surface area contributed by atoms with E-state index in [1.54, 1.807) is 12.4 Å². The molecule has 3 aromatic carbocycles. The lowest BCUT2D eigenvalue weighted by Gasteiger charge is -2.15. The fourth-order valence-corrected chi connectivity index (χ4v) is 3.85. The van der Waals surface area contributed by atoms with Gasteiger partial charge in [-0.3, -0.25) is 9.78 Å². The van der Waals surface area contributed by atoms with Crippen LogP contribution in [-0.4, -0.2) is 27.6 Å². The molecule has 34 heavy (non-hydrogen) atoms. The first-order valence-corrected chi connectivity index (χ1v) is 11.0. The number of hydrogen-bond acceptors (Lipinski definition) is 6. The molecule has 0 unspecified atom stereocenters. The van der Waals surface area contributed by atoms with Gasteiger partial charge in [-0.05, 0) is 47.5 Å². The van der Waals surface area contributed by atoms with Gasteiger partial charge in [-0.25, -0.2) is 0 Å². The highest BCUT2D eigenvalue weighted by Crippen LogP contribution is 2.30. The predicted octanol–water partition coefficient (Wildman–Crippen LogP) is 5.53. The van der Waals surface area contributed by atoms with Gasteiger partial charge in [0.15, 0.2) is 0 Å². The maximum atomic E-state index is 13.5. The number of carbonyl (C=O) groups is 1. The van der Waals surface area contributed by atoms with Crippen molar-refractivity contribution < 1.29 is 14.1 Å². The van der Waals surface area contributed by atoms with Crippen molar-refractivity contribution in [1.29, 1.82) is 0 Å². The van der Waals surface area contributed by atoms with Gasteiger partial charge in [0, 0.05) is 23.6 Å². The molecule has 0 aliphatic heterocycles. The number of hydrogen-bond donors (Lipinski definition) is 1. The van der Waals surface area contributed by atoms with E-state index >= 15 is 0 Å². The minimum absolute atomic E-state index is 0.240. The molecule has 0 saturated heterocycles. The number of pyridine rings is 1. The third-order valence-corrected chi connectivity index (χ3v) is 5.43. The largest absolute Gasteiger partial charge is 0.493 e. The van der Waals surface area contributed by atoms with Crippen LogP contribution in [0.5, 0.6) is 5.75 Å². The summed E-state index contributed by atoms with van der Waals surface area (Å²) in [6.45, 7) is 2.36. The molecular formula is C27H22N4O3. The Kier molecular flexibility index (Phi) is 5.99. The van der Waals surface area contributed by atoms with Crippen LogP contribution in [0.3, 0.4) is 0 Å². The van der Waals surface area contributed by atoms with Gasteiger partial charge >= 0.3 is 0 Å². The number of amides is 1. The van der Waals surface area contributed by atoms with E-state index in [9.17, 15) is 4.79 Å². The lowest BCUT2D eigenvalue weighted by atomic mass is 10.0. The fraction of sp³-hybridized carbons (Fsp3) is 0.111. The van der Waals surface area contributed by atoms with Crippen LogP contribution in [0.25, 0.3) is 22.2 Å². The molecule has 5 rings (SSSR count). The van der Waals surface area contributed by atoms with Crippen LogP contribution in [-0.2, 0) is 6.42 Å². The van der Waals surface area contributed by atoms with Crippen LogP contribution in [0.4, 0.5) is 5.69 Å².